The maximum atomic E-state index is 9.37. The maximum absolute atomic E-state index is 9.37. The highest BCUT2D eigenvalue weighted by atomic mass is 16.5. The Labute approximate surface area is 95.3 Å². The third kappa shape index (κ3) is 3.36. The van der Waals surface area contributed by atoms with E-state index in [1.807, 2.05) is 30.3 Å². The van der Waals surface area contributed by atoms with Gasteiger partial charge in [0, 0.05) is 6.42 Å². The molecule has 0 radical (unpaired) electrons. The minimum Gasteiger partial charge on any atom is -0.496 e. The van der Waals surface area contributed by atoms with Gasteiger partial charge in [0.15, 0.2) is 0 Å². The fraction of sp³-hybridized carbons (Fsp3) is 0.385. The Bertz CT molecular complexity index is 334. The SMILES string of the molecule is O[C@@H]1C=CO[C@H](COCc2ccccc2)C1. The van der Waals surface area contributed by atoms with Gasteiger partial charge >= 0.3 is 0 Å². The average Bonchev–Trinajstić information content (AvgIpc) is 2.30. The molecule has 86 valence electrons. The Balaban J connectivity index is 1.70. The minimum absolute atomic E-state index is 0.0382. The monoisotopic (exact) mass is 220 g/mol. The van der Waals surface area contributed by atoms with Crippen LogP contribution in [0.3, 0.4) is 0 Å². The van der Waals surface area contributed by atoms with E-state index < -0.39 is 6.10 Å². The maximum Gasteiger partial charge on any atom is 0.124 e. The second kappa shape index (κ2) is 5.68. The molecule has 0 unspecified atom stereocenters. The Hall–Kier alpha value is -1.32. The summed E-state index contributed by atoms with van der Waals surface area (Å²) < 4.78 is 10.9. The van der Waals surface area contributed by atoms with Gasteiger partial charge in [0.25, 0.3) is 0 Å². The van der Waals surface area contributed by atoms with Crippen LogP contribution in [0.5, 0.6) is 0 Å². The van der Waals surface area contributed by atoms with E-state index >= 15 is 0 Å². The van der Waals surface area contributed by atoms with Gasteiger partial charge in [-0.25, -0.2) is 0 Å². The molecule has 0 saturated carbocycles. The van der Waals surface area contributed by atoms with Gasteiger partial charge in [0.05, 0.1) is 25.6 Å². The predicted molar refractivity (Wildman–Crippen MR) is 60.7 cm³/mol. The van der Waals surface area contributed by atoms with Crippen LogP contribution in [0.2, 0.25) is 0 Å². The highest BCUT2D eigenvalue weighted by Crippen LogP contribution is 2.12. The lowest BCUT2D eigenvalue weighted by atomic mass is 10.1. The molecule has 2 atom stereocenters. The van der Waals surface area contributed by atoms with E-state index in [0.29, 0.717) is 19.6 Å². The summed E-state index contributed by atoms with van der Waals surface area (Å²) in [5, 5.41) is 9.37. The van der Waals surface area contributed by atoms with Crippen LogP contribution < -0.4 is 0 Å². The summed E-state index contributed by atoms with van der Waals surface area (Å²) in [7, 11) is 0. The van der Waals surface area contributed by atoms with Gasteiger partial charge in [-0.05, 0) is 11.6 Å². The average molecular weight is 220 g/mol. The minimum atomic E-state index is -0.404. The van der Waals surface area contributed by atoms with Crippen LogP contribution in [0, 0.1) is 0 Å². The van der Waals surface area contributed by atoms with E-state index in [1.54, 1.807) is 12.3 Å². The lowest BCUT2D eigenvalue weighted by Gasteiger charge is -2.22. The number of aliphatic hydroxyl groups is 1. The fourth-order valence-corrected chi connectivity index (χ4v) is 1.64. The quantitative estimate of drug-likeness (QED) is 0.841. The van der Waals surface area contributed by atoms with E-state index in [4.69, 9.17) is 9.47 Å². The predicted octanol–water partition coefficient (Wildman–Crippen LogP) is 1.87. The summed E-state index contributed by atoms with van der Waals surface area (Å²) in [6.07, 6.45) is 3.35. The number of benzene rings is 1. The van der Waals surface area contributed by atoms with Gasteiger partial charge in [0.2, 0.25) is 0 Å². The highest BCUT2D eigenvalue weighted by molar-refractivity contribution is 5.13. The number of hydrogen-bond acceptors (Lipinski definition) is 3. The van der Waals surface area contributed by atoms with Crippen molar-refractivity contribution in [3.63, 3.8) is 0 Å². The first kappa shape index (κ1) is 11.2. The van der Waals surface area contributed by atoms with E-state index in [-0.39, 0.29) is 6.10 Å². The van der Waals surface area contributed by atoms with Crippen LogP contribution >= 0.6 is 0 Å². The molecule has 1 aliphatic heterocycles. The van der Waals surface area contributed by atoms with Crippen LogP contribution in [-0.2, 0) is 16.1 Å². The Kier molecular flexibility index (Phi) is 3.97. The van der Waals surface area contributed by atoms with Crippen molar-refractivity contribution < 1.29 is 14.6 Å². The second-order valence-corrected chi connectivity index (χ2v) is 3.89. The molecule has 3 heteroatoms. The smallest absolute Gasteiger partial charge is 0.124 e. The summed E-state index contributed by atoms with van der Waals surface area (Å²) in [4.78, 5) is 0. The van der Waals surface area contributed by atoms with Crippen molar-refractivity contribution >= 4 is 0 Å². The van der Waals surface area contributed by atoms with Gasteiger partial charge in [-0.2, -0.15) is 0 Å². The van der Waals surface area contributed by atoms with Crippen molar-refractivity contribution in [2.75, 3.05) is 6.61 Å². The molecule has 0 spiro atoms. The molecule has 1 heterocycles. The molecule has 16 heavy (non-hydrogen) atoms. The molecule has 0 aliphatic carbocycles. The molecule has 2 rings (SSSR count). The summed E-state index contributed by atoms with van der Waals surface area (Å²) >= 11 is 0. The van der Waals surface area contributed by atoms with E-state index in [1.165, 1.54) is 0 Å². The molecule has 0 amide bonds. The first-order valence-corrected chi connectivity index (χ1v) is 5.46. The Morgan fingerprint density at radius 2 is 2.12 bits per heavy atom. The van der Waals surface area contributed by atoms with Crippen molar-refractivity contribution in [3.8, 4) is 0 Å². The molecule has 0 aromatic heterocycles. The zero-order valence-corrected chi connectivity index (χ0v) is 9.08. The largest absolute Gasteiger partial charge is 0.496 e. The first-order valence-electron chi connectivity index (χ1n) is 5.46. The van der Waals surface area contributed by atoms with Crippen molar-refractivity contribution in [3.05, 3.63) is 48.2 Å². The second-order valence-electron chi connectivity index (χ2n) is 3.89. The first-order chi connectivity index (χ1) is 7.84. The van der Waals surface area contributed by atoms with Crippen molar-refractivity contribution in [2.45, 2.75) is 25.2 Å². The molecule has 1 aromatic rings. The van der Waals surface area contributed by atoms with Gasteiger partial charge in [0.1, 0.15) is 6.10 Å². The standard InChI is InChI=1S/C13H16O3/c14-12-6-7-16-13(8-12)10-15-9-11-4-2-1-3-5-11/h1-7,12-14H,8-10H2/t12-,13+/m1/s1. The van der Waals surface area contributed by atoms with Crippen molar-refractivity contribution in [1.82, 2.24) is 0 Å². The fourth-order valence-electron chi connectivity index (χ4n) is 1.64. The molecule has 3 nitrogen and oxygen atoms in total. The molecular formula is C13H16O3. The van der Waals surface area contributed by atoms with E-state index in [2.05, 4.69) is 0 Å². The number of ether oxygens (including phenoxy) is 2. The van der Waals surface area contributed by atoms with Crippen molar-refractivity contribution in [2.24, 2.45) is 0 Å². The summed E-state index contributed by atoms with van der Waals surface area (Å²) in [6, 6.07) is 10.0. The zero-order chi connectivity index (χ0) is 11.2. The normalized spacial score (nSPS) is 24.1. The van der Waals surface area contributed by atoms with E-state index in [9.17, 15) is 5.11 Å². The lowest BCUT2D eigenvalue weighted by Crippen LogP contribution is -2.26. The van der Waals surface area contributed by atoms with Gasteiger partial charge < -0.3 is 14.6 Å². The van der Waals surface area contributed by atoms with Gasteiger partial charge in [-0.3, -0.25) is 0 Å². The van der Waals surface area contributed by atoms with Crippen molar-refractivity contribution in [1.29, 1.82) is 0 Å². The summed E-state index contributed by atoms with van der Waals surface area (Å²) in [5.74, 6) is 0. The third-order valence-electron chi connectivity index (χ3n) is 2.49. The summed E-state index contributed by atoms with van der Waals surface area (Å²) in [6.45, 7) is 1.09. The van der Waals surface area contributed by atoms with Crippen LogP contribution in [-0.4, -0.2) is 23.9 Å². The number of aliphatic hydroxyl groups excluding tert-OH is 1. The summed E-state index contributed by atoms with van der Waals surface area (Å²) in [5.41, 5.74) is 1.15. The lowest BCUT2D eigenvalue weighted by molar-refractivity contribution is -0.0111. The molecule has 1 N–H and O–H groups in total. The third-order valence-corrected chi connectivity index (χ3v) is 2.49. The van der Waals surface area contributed by atoms with Crippen LogP contribution in [0.4, 0.5) is 0 Å². The Morgan fingerprint density at radius 1 is 1.31 bits per heavy atom. The topological polar surface area (TPSA) is 38.7 Å². The van der Waals surface area contributed by atoms with Crippen LogP contribution in [0.1, 0.15) is 12.0 Å². The number of rotatable bonds is 4. The van der Waals surface area contributed by atoms with Crippen LogP contribution in [0.25, 0.3) is 0 Å². The molecule has 0 saturated heterocycles. The zero-order valence-electron chi connectivity index (χ0n) is 9.08. The molecule has 1 aliphatic rings. The molecule has 0 bridgehead atoms. The van der Waals surface area contributed by atoms with Crippen LogP contribution in [0.15, 0.2) is 42.7 Å². The van der Waals surface area contributed by atoms with Gasteiger partial charge in [-0.15, -0.1) is 0 Å². The number of hydrogen-bond donors (Lipinski definition) is 1. The molecular weight excluding hydrogens is 204 g/mol. The Morgan fingerprint density at radius 3 is 2.88 bits per heavy atom. The molecule has 0 fully saturated rings. The van der Waals surface area contributed by atoms with E-state index in [0.717, 1.165) is 5.56 Å². The highest BCUT2D eigenvalue weighted by Gasteiger charge is 2.17. The van der Waals surface area contributed by atoms with Gasteiger partial charge in [-0.1, -0.05) is 30.3 Å². The molecule has 1 aromatic carbocycles.